The lowest BCUT2D eigenvalue weighted by atomic mass is 10.0. The minimum absolute atomic E-state index is 0.00778. The largest absolute Gasteiger partial charge is 0.478 e. The highest BCUT2D eigenvalue weighted by molar-refractivity contribution is 6.31. The van der Waals surface area contributed by atoms with Gasteiger partial charge in [0.05, 0.1) is 35.5 Å². The first-order valence-corrected chi connectivity index (χ1v) is 12.7. The van der Waals surface area contributed by atoms with Crippen LogP contribution in [-0.2, 0) is 11.2 Å². The molecule has 1 aliphatic heterocycles. The molecule has 3 aromatic rings. The van der Waals surface area contributed by atoms with Crippen LogP contribution in [0.1, 0.15) is 45.1 Å². The Balaban J connectivity index is 1.55. The van der Waals surface area contributed by atoms with Gasteiger partial charge in [-0.1, -0.05) is 18.0 Å². The molecule has 1 fully saturated rings. The second kappa shape index (κ2) is 11.8. The number of amides is 1. The van der Waals surface area contributed by atoms with Crippen LogP contribution in [0.3, 0.4) is 0 Å². The van der Waals surface area contributed by atoms with E-state index in [4.69, 9.17) is 21.3 Å². The third-order valence-electron chi connectivity index (χ3n) is 6.07. The maximum absolute atomic E-state index is 13.8. The number of hydrogen-bond acceptors (Lipinski definition) is 5. The van der Waals surface area contributed by atoms with Gasteiger partial charge < -0.3 is 15.0 Å². The highest BCUT2D eigenvalue weighted by Crippen LogP contribution is 2.30. The number of carbonyl (C=O) groups excluding carboxylic acids is 1. The van der Waals surface area contributed by atoms with Crippen LogP contribution in [0.4, 0.5) is 4.39 Å². The molecule has 3 heterocycles. The number of carbonyl (C=O) groups is 1. The molecule has 1 N–H and O–H groups in total. The highest BCUT2D eigenvalue weighted by Gasteiger charge is 2.16. The van der Waals surface area contributed by atoms with Gasteiger partial charge in [-0.15, -0.1) is 0 Å². The predicted octanol–water partition coefficient (Wildman–Crippen LogP) is 5.41. The Hall–Kier alpha value is -2.77. The molecule has 1 aliphatic rings. The average molecular weight is 499 g/mol. The number of rotatable bonds is 9. The third-order valence-corrected chi connectivity index (χ3v) is 6.36. The standard InChI is InChI=1S/C27H32ClFN4O2/c1-18(2)31-25(34)15-21-13-20-16-26(35-12-6-11-33-9-4-3-5-10-33)30-17-24(20)32-27(21)19-7-8-23(29)22(28)14-19/h7-8,13-14,16-18H,3-6,9-12,15H2,1-2H3,(H,31,34). The van der Waals surface area contributed by atoms with Crippen molar-refractivity contribution in [3.8, 4) is 17.1 Å². The maximum Gasteiger partial charge on any atom is 0.224 e. The first-order valence-electron chi connectivity index (χ1n) is 12.3. The first-order chi connectivity index (χ1) is 16.9. The fourth-order valence-corrected chi connectivity index (χ4v) is 4.58. The molecule has 0 atom stereocenters. The second-order valence-electron chi connectivity index (χ2n) is 9.34. The molecule has 35 heavy (non-hydrogen) atoms. The van der Waals surface area contributed by atoms with E-state index in [-0.39, 0.29) is 23.4 Å². The molecule has 0 bridgehead atoms. The molecule has 0 saturated carbocycles. The number of likely N-dealkylation sites (tertiary alicyclic amines) is 1. The number of benzene rings is 1. The summed E-state index contributed by atoms with van der Waals surface area (Å²) in [6.07, 6.45) is 6.65. The first kappa shape index (κ1) is 25.3. The van der Waals surface area contributed by atoms with Crippen molar-refractivity contribution in [2.24, 2.45) is 0 Å². The Morgan fingerprint density at radius 2 is 2.00 bits per heavy atom. The summed E-state index contributed by atoms with van der Waals surface area (Å²) in [5, 5.41) is 3.75. The molecule has 2 aromatic heterocycles. The van der Waals surface area contributed by atoms with E-state index in [1.165, 1.54) is 44.5 Å². The number of hydrogen-bond donors (Lipinski definition) is 1. The number of aromatic nitrogens is 2. The van der Waals surface area contributed by atoms with E-state index in [0.29, 0.717) is 29.3 Å². The molecule has 0 spiro atoms. The molecule has 6 nitrogen and oxygen atoms in total. The number of halogens is 2. The SMILES string of the molecule is CC(C)NC(=O)Cc1cc2cc(OCCCN3CCCCC3)ncc2nc1-c1ccc(F)c(Cl)c1. The van der Waals surface area contributed by atoms with E-state index in [2.05, 4.69) is 15.2 Å². The Morgan fingerprint density at radius 1 is 1.20 bits per heavy atom. The Labute approximate surface area is 210 Å². The van der Waals surface area contributed by atoms with Crippen molar-refractivity contribution >= 4 is 28.4 Å². The predicted molar refractivity (Wildman–Crippen MR) is 137 cm³/mol. The van der Waals surface area contributed by atoms with E-state index in [9.17, 15) is 9.18 Å². The summed E-state index contributed by atoms with van der Waals surface area (Å²) >= 11 is 6.03. The summed E-state index contributed by atoms with van der Waals surface area (Å²) in [7, 11) is 0. The minimum Gasteiger partial charge on any atom is -0.478 e. The summed E-state index contributed by atoms with van der Waals surface area (Å²) in [5.74, 6) is -0.0778. The van der Waals surface area contributed by atoms with Crippen LogP contribution in [0.5, 0.6) is 5.88 Å². The normalized spacial score (nSPS) is 14.4. The summed E-state index contributed by atoms with van der Waals surface area (Å²) in [6.45, 7) is 7.81. The van der Waals surface area contributed by atoms with Crippen molar-refractivity contribution in [3.63, 3.8) is 0 Å². The fraction of sp³-hybridized carbons (Fsp3) is 0.444. The fourth-order valence-electron chi connectivity index (χ4n) is 4.40. The number of piperidine rings is 1. The van der Waals surface area contributed by atoms with Crippen LogP contribution in [0.25, 0.3) is 22.2 Å². The maximum atomic E-state index is 13.8. The molecule has 0 aliphatic carbocycles. The second-order valence-corrected chi connectivity index (χ2v) is 9.75. The van der Waals surface area contributed by atoms with Crippen LogP contribution >= 0.6 is 11.6 Å². The lowest BCUT2D eigenvalue weighted by Crippen LogP contribution is -2.31. The van der Waals surface area contributed by atoms with Gasteiger partial charge >= 0.3 is 0 Å². The van der Waals surface area contributed by atoms with Gasteiger partial charge in [0, 0.05) is 29.6 Å². The van der Waals surface area contributed by atoms with Gasteiger partial charge in [-0.3, -0.25) is 4.79 Å². The van der Waals surface area contributed by atoms with E-state index < -0.39 is 5.82 Å². The van der Waals surface area contributed by atoms with Crippen molar-refractivity contribution in [3.05, 3.63) is 52.9 Å². The summed E-state index contributed by atoms with van der Waals surface area (Å²) in [4.78, 5) is 24.2. The Bertz CT molecular complexity index is 1180. The van der Waals surface area contributed by atoms with Gasteiger partial charge in [-0.05, 0) is 76.0 Å². The van der Waals surface area contributed by atoms with Crippen molar-refractivity contribution < 1.29 is 13.9 Å². The molecule has 1 saturated heterocycles. The minimum atomic E-state index is -0.501. The van der Waals surface area contributed by atoms with Gasteiger partial charge in [0.1, 0.15) is 5.82 Å². The van der Waals surface area contributed by atoms with Crippen LogP contribution in [0.15, 0.2) is 36.5 Å². The molecule has 4 rings (SSSR count). The number of nitrogens with zero attached hydrogens (tertiary/aromatic N) is 3. The summed E-state index contributed by atoms with van der Waals surface area (Å²) in [6, 6.07) is 8.26. The lowest BCUT2D eigenvalue weighted by molar-refractivity contribution is -0.120. The topological polar surface area (TPSA) is 67.3 Å². The Kier molecular flexibility index (Phi) is 8.52. The molecule has 1 aromatic carbocycles. The monoisotopic (exact) mass is 498 g/mol. The Morgan fingerprint density at radius 3 is 2.74 bits per heavy atom. The quantitative estimate of drug-likeness (QED) is 0.399. The van der Waals surface area contributed by atoms with Crippen molar-refractivity contribution in [2.75, 3.05) is 26.2 Å². The zero-order valence-corrected chi connectivity index (χ0v) is 21.1. The average Bonchev–Trinajstić information content (AvgIpc) is 2.83. The zero-order chi connectivity index (χ0) is 24.8. The van der Waals surface area contributed by atoms with Gasteiger partial charge in [0.2, 0.25) is 11.8 Å². The number of nitrogens with one attached hydrogen (secondary N) is 1. The molecule has 186 valence electrons. The summed E-state index contributed by atoms with van der Waals surface area (Å²) < 4.78 is 19.7. The molecular weight excluding hydrogens is 467 g/mol. The van der Waals surface area contributed by atoms with Crippen LogP contribution in [0.2, 0.25) is 5.02 Å². The van der Waals surface area contributed by atoms with Gasteiger partial charge in [0.25, 0.3) is 0 Å². The highest BCUT2D eigenvalue weighted by atomic mass is 35.5. The smallest absolute Gasteiger partial charge is 0.224 e. The van der Waals surface area contributed by atoms with Crippen LogP contribution in [-0.4, -0.2) is 53.1 Å². The molecule has 0 radical (unpaired) electrons. The van der Waals surface area contributed by atoms with Gasteiger partial charge in [-0.2, -0.15) is 0 Å². The number of fused-ring (bicyclic) bond motifs is 1. The van der Waals surface area contributed by atoms with Gasteiger partial charge in [-0.25, -0.2) is 14.4 Å². The molecular formula is C27H32ClFN4O2. The van der Waals surface area contributed by atoms with Crippen LogP contribution in [0, 0.1) is 5.82 Å². The summed E-state index contributed by atoms with van der Waals surface area (Å²) in [5.41, 5.74) is 2.61. The third kappa shape index (κ3) is 6.89. The van der Waals surface area contributed by atoms with E-state index in [0.717, 1.165) is 23.9 Å². The lowest BCUT2D eigenvalue weighted by Gasteiger charge is -2.26. The zero-order valence-electron chi connectivity index (χ0n) is 20.3. The van der Waals surface area contributed by atoms with E-state index in [1.54, 1.807) is 12.3 Å². The van der Waals surface area contributed by atoms with Crippen molar-refractivity contribution in [1.82, 2.24) is 20.2 Å². The molecule has 0 unspecified atom stereocenters. The number of pyridine rings is 2. The van der Waals surface area contributed by atoms with E-state index in [1.807, 2.05) is 26.0 Å². The van der Waals surface area contributed by atoms with Crippen LogP contribution < -0.4 is 10.1 Å². The van der Waals surface area contributed by atoms with E-state index >= 15 is 0 Å². The molecule has 1 amide bonds. The van der Waals surface area contributed by atoms with Gasteiger partial charge in [0.15, 0.2) is 0 Å². The molecule has 8 heteroatoms. The van der Waals surface area contributed by atoms with Crippen molar-refractivity contribution in [2.45, 2.75) is 52.0 Å². The number of ether oxygens (including phenoxy) is 1. The van der Waals surface area contributed by atoms with Crippen molar-refractivity contribution in [1.29, 1.82) is 0 Å².